The van der Waals surface area contributed by atoms with Crippen LogP contribution in [0.5, 0.6) is 0 Å². The molecule has 75 heavy (non-hydrogen) atoms. The van der Waals surface area contributed by atoms with Crippen molar-refractivity contribution in [1.82, 2.24) is 26.6 Å². The summed E-state index contributed by atoms with van der Waals surface area (Å²) in [4.78, 5) is 79.9. The molecule has 9 N–H and O–H groups in total. The monoisotopic (exact) mass is 1140 g/mol. The van der Waals surface area contributed by atoms with Crippen LogP contribution in [0.4, 0.5) is 0 Å². The molecule has 1 fully saturated rings. The number of nitrogens with one attached hydrogen (secondary N) is 5. The summed E-state index contributed by atoms with van der Waals surface area (Å²) in [5.74, 6) is -1.93. The van der Waals surface area contributed by atoms with Crippen molar-refractivity contribution in [3.63, 3.8) is 0 Å². The van der Waals surface area contributed by atoms with Crippen molar-refractivity contribution >= 4 is 41.9 Å². The Morgan fingerprint density at radius 1 is 0.587 bits per heavy atom. The molecular weight excluding hydrogens is 1040 g/mol. The second-order valence-electron chi connectivity index (χ2n) is 19.4. The van der Waals surface area contributed by atoms with Gasteiger partial charge < -0.3 is 66.7 Å². The number of ether oxygens (including phenoxy) is 4. The van der Waals surface area contributed by atoms with E-state index in [0.717, 1.165) is 64.2 Å². The third kappa shape index (κ3) is 52.8. The van der Waals surface area contributed by atoms with Gasteiger partial charge in [-0.3, -0.25) is 30.3 Å². The summed E-state index contributed by atoms with van der Waals surface area (Å²) in [7, 11) is 0. The van der Waals surface area contributed by atoms with Gasteiger partial charge in [-0.1, -0.05) is 116 Å². The van der Waals surface area contributed by atoms with Crippen molar-refractivity contribution < 1.29 is 95.4 Å². The molecule has 1 unspecified atom stereocenters. The van der Waals surface area contributed by atoms with E-state index in [1.165, 1.54) is 77.6 Å². The summed E-state index contributed by atoms with van der Waals surface area (Å²) in [6.45, 7) is 14.8. The van der Waals surface area contributed by atoms with E-state index in [4.69, 9.17) is 24.1 Å². The minimum atomic E-state index is -1.04. The van der Waals surface area contributed by atoms with Crippen LogP contribution in [0.2, 0.25) is 0 Å². The molecule has 0 aliphatic heterocycles. The summed E-state index contributed by atoms with van der Waals surface area (Å²) in [5, 5.41) is 32.7. The first-order chi connectivity index (χ1) is 35.3. The molecule has 0 aromatic heterocycles. The number of aliphatic carboxylic acids is 2. The number of nitrogens with two attached hydrogens (primary N) is 1. The first kappa shape index (κ1) is 76.2. The minimum absolute atomic E-state index is 0. The molecule has 1 saturated carbocycles. The van der Waals surface area contributed by atoms with E-state index in [0.29, 0.717) is 116 Å². The van der Waals surface area contributed by atoms with E-state index in [2.05, 4.69) is 33.2 Å². The van der Waals surface area contributed by atoms with Gasteiger partial charge in [-0.25, -0.2) is 4.79 Å². The standard InChI is InChI=1S/C40H73N3O8.C15H27N2O5.H2N.Y/c1-3-50-30-31-51-29-28-41-33(2)22-27-36(40(48)49)43-39(47)35-25-23-34(24-26-35)32-42-37(44)20-18-16-14-12-10-8-6-4-5-7-9-11-13-15-17-19-21-38(45)46;1-13(11-18)5-3-4-6-17-15(20)12-22-10-9-21-8-7-16-14(2)19;;/h34-36,41H,2-32H2,1H3,(H,42,44)(H,43,47)(H,45,46)(H,48,49);13H,3-10,12H2,1-2H3,(H,16,19)(H,17,20);1H2;/q;2*-1;/t;13-;;/m.0../s1. The summed E-state index contributed by atoms with van der Waals surface area (Å²) >= 11 is 0. The van der Waals surface area contributed by atoms with Crippen LogP contribution in [0.1, 0.15) is 194 Å². The number of carboxylic acid groups (broad SMARTS) is 2. The maximum Gasteiger partial charge on any atom is 0.326 e. The van der Waals surface area contributed by atoms with E-state index in [1.54, 1.807) is 0 Å². The number of carboxylic acids is 2. The Kier molecular flexibility index (Phi) is 56.5. The fraction of sp³-hybridized carbons (Fsp3) is 0.836. The van der Waals surface area contributed by atoms with Gasteiger partial charge in [-0.05, 0) is 70.6 Å². The number of hydrogen-bond donors (Lipinski definition) is 7. The van der Waals surface area contributed by atoms with Crippen molar-refractivity contribution in [3.8, 4) is 0 Å². The topological polar surface area (TPSA) is 291 Å². The average Bonchev–Trinajstić information content (AvgIpc) is 3.36. The Bertz CT molecular complexity index is 1460. The molecule has 2 atom stereocenters. The molecule has 0 aromatic rings. The Balaban J connectivity index is -0.00000182. The van der Waals surface area contributed by atoms with Gasteiger partial charge >= 0.3 is 11.9 Å². The summed E-state index contributed by atoms with van der Waals surface area (Å²) in [5.41, 5.74) is 0.715. The Morgan fingerprint density at radius 3 is 1.60 bits per heavy atom. The number of hydrogen-bond acceptors (Lipinski definition) is 12. The molecule has 4 amide bonds. The number of allylic oxidation sites excluding steroid dienone is 1. The fourth-order valence-electron chi connectivity index (χ4n) is 8.23. The normalized spacial score (nSPS) is 14.5. The molecule has 0 aromatic carbocycles. The molecule has 1 rings (SSSR count). The van der Waals surface area contributed by atoms with Gasteiger partial charge in [0.2, 0.25) is 23.6 Å². The average molecular weight is 1140 g/mol. The molecular formula is C55H102N6O13Y-2. The third-order valence-electron chi connectivity index (χ3n) is 12.7. The summed E-state index contributed by atoms with van der Waals surface area (Å²) < 4.78 is 21.0. The van der Waals surface area contributed by atoms with Gasteiger partial charge in [0.25, 0.3) is 0 Å². The van der Waals surface area contributed by atoms with Gasteiger partial charge in [0.05, 0.1) is 39.6 Å². The molecule has 19 nitrogen and oxygen atoms in total. The van der Waals surface area contributed by atoms with E-state index in [9.17, 15) is 38.7 Å². The molecule has 1 aliphatic rings. The predicted octanol–water partition coefficient (Wildman–Crippen LogP) is 8.42. The SMILES string of the molecule is C=C(CCC(NC(=O)C1CCC(CNC(=O)CCCCCCCCCCCCCCCCCCC(=O)O)CC1)C(=O)O)NCCOCCOCC.CC(=O)NCCOCCOCC(=O)NCCCC[C@H](C)[C-]=O.[NH2-].[Y]. The van der Waals surface area contributed by atoms with Gasteiger partial charge in [0, 0.05) is 96.9 Å². The summed E-state index contributed by atoms with van der Waals surface area (Å²) in [6, 6.07) is -0.956. The Morgan fingerprint density at radius 2 is 1.09 bits per heavy atom. The van der Waals surface area contributed by atoms with E-state index < -0.39 is 18.0 Å². The second kappa shape index (κ2) is 55.7. The van der Waals surface area contributed by atoms with Gasteiger partial charge in [-0.15, -0.1) is 5.92 Å². The van der Waals surface area contributed by atoms with Crippen LogP contribution in [0.3, 0.4) is 0 Å². The fourth-order valence-corrected chi connectivity index (χ4v) is 8.23. The largest absolute Gasteiger partial charge is 0.693 e. The van der Waals surface area contributed by atoms with Crippen molar-refractivity contribution in [3.05, 3.63) is 18.4 Å². The molecule has 0 heterocycles. The second-order valence-corrected chi connectivity index (χ2v) is 19.4. The van der Waals surface area contributed by atoms with Crippen LogP contribution in [-0.2, 0) is 85.2 Å². The van der Waals surface area contributed by atoms with Gasteiger partial charge in [-0.2, -0.15) is 0 Å². The van der Waals surface area contributed by atoms with Crippen molar-refractivity contribution in [2.45, 2.75) is 200 Å². The summed E-state index contributed by atoms with van der Waals surface area (Å²) in [6.07, 6.45) is 28.3. The zero-order chi connectivity index (χ0) is 54.0. The van der Waals surface area contributed by atoms with Gasteiger partial charge in [0.15, 0.2) is 0 Å². The zero-order valence-corrected chi connectivity index (χ0v) is 49.5. The van der Waals surface area contributed by atoms with Crippen molar-refractivity contribution in [2.24, 2.45) is 17.8 Å². The Labute approximate surface area is 476 Å². The molecule has 0 spiro atoms. The van der Waals surface area contributed by atoms with Crippen LogP contribution in [0.25, 0.3) is 6.15 Å². The van der Waals surface area contributed by atoms with Crippen LogP contribution < -0.4 is 26.6 Å². The molecule has 20 heteroatoms. The molecule has 435 valence electrons. The first-order valence-electron chi connectivity index (χ1n) is 27.9. The van der Waals surface area contributed by atoms with Crippen molar-refractivity contribution in [2.75, 3.05) is 79.0 Å². The number of carbonyl (C=O) groups excluding carboxylic acids is 5. The molecule has 0 bridgehead atoms. The molecule has 0 saturated heterocycles. The van der Waals surface area contributed by atoms with Crippen LogP contribution in [0.15, 0.2) is 12.3 Å². The van der Waals surface area contributed by atoms with Crippen LogP contribution in [-0.4, -0.2) is 137 Å². The minimum Gasteiger partial charge on any atom is -0.693 e. The zero-order valence-electron chi connectivity index (χ0n) is 46.6. The van der Waals surface area contributed by atoms with Crippen LogP contribution in [0, 0.1) is 17.8 Å². The number of amides is 4. The third-order valence-corrected chi connectivity index (χ3v) is 12.7. The van der Waals surface area contributed by atoms with Crippen molar-refractivity contribution in [1.29, 1.82) is 0 Å². The smallest absolute Gasteiger partial charge is 0.326 e. The van der Waals surface area contributed by atoms with E-state index >= 15 is 0 Å². The van der Waals surface area contributed by atoms with E-state index in [-0.39, 0.29) is 87.4 Å². The Hall–Kier alpha value is -3.07. The molecule has 1 radical (unpaired) electrons. The number of carbonyl (C=O) groups is 6. The van der Waals surface area contributed by atoms with Crippen LogP contribution >= 0.6 is 0 Å². The maximum absolute atomic E-state index is 12.9. The number of rotatable bonds is 49. The van der Waals surface area contributed by atoms with Gasteiger partial charge in [0.1, 0.15) is 12.6 Å². The number of unbranched alkanes of at least 4 members (excludes halogenated alkanes) is 16. The predicted molar refractivity (Wildman–Crippen MR) is 290 cm³/mol. The maximum atomic E-state index is 12.9. The molecule has 1 aliphatic carbocycles. The van der Waals surface area contributed by atoms with E-state index in [1.807, 2.05) is 20.1 Å². The first-order valence-corrected chi connectivity index (χ1v) is 27.9. The quantitative estimate of drug-likeness (QED) is 0.0222.